The number of benzene rings is 2. The zero-order valence-corrected chi connectivity index (χ0v) is 18.6. The highest BCUT2D eigenvalue weighted by molar-refractivity contribution is 5.77. The van der Waals surface area contributed by atoms with Crippen LogP contribution in [0.4, 0.5) is 9.18 Å². The van der Waals surface area contributed by atoms with Gasteiger partial charge in [-0.25, -0.2) is 9.18 Å². The van der Waals surface area contributed by atoms with Gasteiger partial charge in [0, 0.05) is 12.1 Å². The maximum absolute atomic E-state index is 14.0. The van der Waals surface area contributed by atoms with Crippen molar-refractivity contribution < 1.29 is 13.9 Å². The van der Waals surface area contributed by atoms with Gasteiger partial charge in [-0.1, -0.05) is 24.3 Å². The molecule has 2 fully saturated rings. The number of rotatable bonds is 5. The molecule has 0 aromatic heterocycles. The second-order valence-corrected chi connectivity index (χ2v) is 8.97. The summed E-state index contributed by atoms with van der Waals surface area (Å²) in [7, 11) is 5.81. The van der Waals surface area contributed by atoms with Crippen molar-refractivity contribution in [2.24, 2.45) is 0 Å². The van der Waals surface area contributed by atoms with Crippen LogP contribution >= 0.6 is 0 Å². The fourth-order valence-corrected chi connectivity index (χ4v) is 5.34. The maximum atomic E-state index is 14.0. The van der Waals surface area contributed by atoms with Crippen LogP contribution < -0.4 is 10.1 Å². The lowest BCUT2D eigenvalue weighted by molar-refractivity contribution is 0.0954. The minimum absolute atomic E-state index is 0.00827. The third kappa shape index (κ3) is 4.26. The molecule has 6 heteroatoms. The summed E-state index contributed by atoms with van der Waals surface area (Å²) in [6.45, 7) is 0.597. The highest BCUT2D eigenvalue weighted by Gasteiger charge is 2.44. The first kappa shape index (κ1) is 21.6. The molecule has 1 aliphatic carbocycles. The SMILES string of the molecule is COc1ccc(CN2C(=O)N[C@H]3CC[C@](c4cccc(F)c4)(N(C)C)CCCC32)cc1. The molecule has 2 aromatic carbocycles. The molecular formula is C25H32FN3O2. The zero-order valence-electron chi connectivity index (χ0n) is 18.6. The molecule has 0 spiro atoms. The van der Waals surface area contributed by atoms with Crippen LogP contribution in [0.2, 0.25) is 0 Å². The van der Waals surface area contributed by atoms with Crippen molar-refractivity contribution in [1.29, 1.82) is 0 Å². The fourth-order valence-electron chi connectivity index (χ4n) is 5.34. The summed E-state index contributed by atoms with van der Waals surface area (Å²) in [5.74, 6) is 0.620. The van der Waals surface area contributed by atoms with E-state index >= 15 is 0 Å². The number of fused-ring (bicyclic) bond motifs is 1. The molecule has 0 bridgehead atoms. The Morgan fingerprint density at radius 2 is 1.94 bits per heavy atom. The van der Waals surface area contributed by atoms with Gasteiger partial charge < -0.3 is 15.0 Å². The van der Waals surface area contributed by atoms with E-state index < -0.39 is 0 Å². The minimum atomic E-state index is -0.221. The second-order valence-electron chi connectivity index (χ2n) is 8.97. The quantitative estimate of drug-likeness (QED) is 0.766. The van der Waals surface area contributed by atoms with Gasteiger partial charge in [0.1, 0.15) is 11.6 Å². The molecule has 1 saturated carbocycles. The van der Waals surface area contributed by atoms with Crippen molar-refractivity contribution in [3.05, 3.63) is 65.5 Å². The summed E-state index contributed by atoms with van der Waals surface area (Å²) in [5, 5.41) is 3.23. The topological polar surface area (TPSA) is 44.8 Å². The molecule has 1 unspecified atom stereocenters. The Bertz CT molecular complexity index is 917. The Hall–Kier alpha value is -2.60. The molecule has 3 atom stereocenters. The highest BCUT2D eigenvalue weighted by atomic mass is 19.1. The number of halogens is 1. The minimum Gasteiger partial charge on any atom is -0.497 e. The van der Waals surface area contributed by atoms with Gasteiger partial charge in [0.2, 0.25) is 0 Å². The molecule has 1 heterocycles. The number of nitrogens with zero attached hydrogens (tertiary/aromatic N) is 2. The summed E-state index contributed by atoms with van der Waals surface area (Å²) in [5.41, 5.74) is 1.90. The predicted octanol–water partition coefficient (Wildman–Crippen LogP) is 4.52. The molecule has 166 valence electrons. The molecule has 1 aliphatic heterocycles. The average molecular weight is 426 g/mol. The van der Waals surface area contributed by atoms with E-state index in [9.17, 15) is 9.18 Å². The van der Waals surface area contributed by atoms with Gasteiger partial charge in [-0.05, 0) is 81.6 Å². The van der Waals surface area contributed by atoms with Crippen molar-refractivity contribution >= 4 is 6.03 Å². The Morgan fingerprint density at radius 3 is 2.61 bits per heavy atom. The van der Waals surface area contributed by atoms with Crippen molar-refractivity contribution in [3.63, 3.8) is 0 Å². The summed E-state index contributed by atoms with van der Waals surface area (Å²) in [6.07, 6.45) is 4.59. The van der Waals surface area contributed by atoms with E-state index in [4.69, 9.17) is 4.74 Å². The van der Waals surface area contributed by atoms with Crippen molar-refractivity contribution in [3.8, 4) is 5.75 Å². The number of carbonyl (C=O) groups excluding carboxylic acids is 1. The number of hydrogen-bond acceptors (Lipinski definition) is 3. The first-order valence-electron chi connectivity index (χ1n) is 11.1. The predicted molar refractivity (Wildman–Crippen MR) is 119 cm³/mol. The summed E-state index contributed by atoms with van der Waals surface area (Å²) < 4.78 is 19.3. The Labute approximate surface area is 184 Å². The van der Waals surface area contributed by atoms with E-state index in [1.165, 1.54) is 6.07 Å². The number of amides is 2. The first-order valence-corrected chi connectivity index (χ1v) is 11.1. The van der Waals surface area contributed by atoms with Gasteiger partial charge in [-0.2, -0.15) is 0 Å². The van der Waals surface area contributed by atoms with Crippen molar-refractivity contribution in [2.45, 2.75) is 56.3 Å². The van der Waals surface area contributed by atoms with Crippen LogP contribution in [0.3, 0.4) is 0 Å². The van der Waals surface area contributed by atoms with Crippen LogP contribution in [0.15, 0.2) is 48.5 Å². The van der Waals surface area contributed by atoms with E-state index in [1.54, 1.807) is 19.2 Å². The maximum Gasteiger partial charge on any atom is 0.318 e. The van der Waals surface area contributed by atoms with Crippen molar-refractivity contribution in [1.82, 2.24) is 15.1 Å². The smallest absolute Gasteiger partial charge is 0.318 e. The Balaban J connectivity index is 1.52. The highest BCUT2D eigenvalue weighted by Crippen LogP contribution is 2.41. The standard InChI is InChI=1S/C25H32FN3O2/c1-28(2)25(19-6-4-7-20(26)16-19)14-5-8-23-22(13-15-25)27-24(30)29(23)17-18-9-11-21(31-3)12-10-18/h4,6-7,9-12,16,22-23H,5,8,13-15,17H2,1-3H3,(H,27,30)/t22-,23?,25+/m0/s1. The first-order chi connectivity index (χ1) is 14.9. The Kier molecular flexibility index (Phi) is 6.19. The van der Waals surface area contributed by atoms with Crippen LogP contribution in [0.1, 0.15) is 43.2 Å². The van der Waals surface area contributed by atoms with Crippen molar-refractivity contribution in [2.75, 3.05) is 21.2 Å². The zero-order chi connectivity index (χ0) is 22.0. The van der Waals surface area contributed by atoms with Crippen LogP contribution in [0.25, 0.3) is 0 Å². The normalized spacial score (nSPS) is 26.2. The molecule has 2 aromatic rings. The van der Waals surface area contributed by atoms with Gasteiger partial charge >= 0.3 is 6.03 Å². The second kappa shape index (κ2) is 8.87. The monoisotopic (exact) mass is 425 g/mol. The molecule has 1 saturated heterocycles. The van der Waals surface area contributed by atoms with Gasteiger partial charge in [0.15, 0.2) is 0 Å². The number of ether oxygens (including phenoxy) is 1. The molecule has 2 amide bonds. The third-order valence-electron chi connectivity index (χ3n) is 7.12. The number of urea groups is 1. The molecule has 0 radical (unpaired) electrons. The lowest BCUT2D eigenvalue weighted by Gasteiger charge is -2.44. The molecule has 2 aliphatic rings. The van der Waals surface area contributed by atoms with Gasteiger partial charge in [-0.3, -0.25) is 4.90 Å². The van der Waals surface area contributed by atoms with E-state index in [0.29, 0.717) is 6.54 Å². The van der Waals surface area contributed by atoms with E-state index in [1.807, 2.05) is 35.2 Å². The van der Waals surface area contributed by atoms with Gasteiger partial charge in [0.25, 0.3) is 0 Å². The average Bonchev–Trinajstić information content (AvgIpc) is 3.02. The number of methoxy groups -OCH3 is 1. The molecule has 1 N–H and O–H groups in total. The van der Waals surface area contributed by atoms with Gasteiger partial charge in [-0.15, -0.1) is 0 Å². The molecule has 31 heavy (non-hydrogen) atoms. The number of nitrogens with one attached hydrogen (secondary N) is 1. The molecule has 4 rings (SSSR count). The summed E-state index contributed by atoms with van der Waals surface area (Å²) in [6, 6.07) is 15.2. The van der Waals surface area contributed by atoms with Crippen LogP contribution in [0, 0.1) is 5.82 Å². The third-order valence-corrected chi connectivity index (χ3v) is 7.12. The van der Waals surface area contributed by atoms with Gasteiger partial charge in [0.05, 0.1) is 19.2 Å². The van der Waals surface area contributed by atoms with Crippen LogP contribution in [0.5, 0.6) is 5.75 Å². The van der Waals surface area contributed by atoms with Crippen LogP contribution in [-0.4, -0.2) is 49.1 Å². The van der Waals surface area contributed by atoms with E-state index in [-0.39, 0.29) is 29.5 Å². The lowest BCUT2D eigenvalue weighted by Crippen LogP contribution is -2.46. The largest absolute Gasteiger partial charge is 0.497 e. The Morgan fingerprint density at radius 1 is 1.16 bits per heavy atom. The number of carbonyl (C=O) groups is 1. The fraction of sp³-hybridized carbons (Fsp3) is 0.480. The molecular weight excluding hydrogens is 393 g/mol. The number of hydrogen-bond donors (Lipinski definition) is 1. The summed E-state index contributed by atoms with van der Waals surface area (Å²) in [4.78, 5) is 17.0. The summed E-state index contributed by atoms with van der Waals surface area (Å²) >= 11 is 0. The van der Waals surface area contributed by atoms with E-state index in [0.717, 1.165) is 49.0 Å². The molecule has 5 nitrogen and oxygen atoms in total. The lowest BCUT2D eigenvalue weighted by atomic mass is 9.75. The van der Waals surface area contributed by atoms with E-state index in [2.05, 4.69) is 24.3 Å². The van der Waals surface area contributed by atoms with Crippen LogP contribution in [-0.2, 0) is 12.1 Å².